The molecule has 1 N–H and O–H groups in total. The van der Waals surface area contributed by atoms with E-state index >= 15 is 0 Å². The molecule has 0 fully saturated rings. The van der Waals surface area contributed by atoms with E-state index in [0.29, 0.717) is 5.95 Å². The molecule has 0 spiro atoms. The van der Waals surface area contributed by atoms with E-state index in [-0.39, 0.29) is 5.56 Å². The summed E-state index contributed by atoms with van der Waals surface area (Å²) < 4.78 is 1.54. The number of hydrazone groups is 1. The fourth-order valence-electron chi connectivity index (χ4n) is 3.25. The van der Waals surface area contributed by atoms with Gasteiger partial charge in [-0.3, -0.25) is 9.36 Å². The van der Waals surface area contributed by atoms with Crippen molar-refractivity contribution in [1.29, 1.82) is 0 Å². The summed E-state index contributed by atoms with van der Waals surface area (Å²) in [5.74, 6) is 0.462. The SMILES string of the molecule is CN(C)c1ccc(/C=N/Nc2nc3sc4c(c3c(=O)n2C)CCC4)cc1. The van der Waals surface area contributed by atoms with Gasteiger partial charge in [-0.2, -0.15) is 5.10 Å². The van der Waals surface area contributed by atoms with Gasteiger partial charge in [-0.1, -0.05) is 12.1 Å². The molecule has 0 saturated carbocycles. The smallest absolute Gasteiger partial charge is 0.263 e. The van der Waals surface area contributed by atoms with Crippen LogP contribution in [-0.2, 0) is 19.9 Å². The maximum atomic E-state index is 12.7. The molecule has 7 heteroatoms. The lowest BCUT2D eigenvalue weighted by molar-refractivity contribution is 0.845. The Labute approximate surface area is 155 Å². The molecule has 1 aliphatic carbocycles. The zero-order valence-electron chi connectivity index (χ0n) is 15.1. The molecule has 2 heterocycles. The molecule has 0 aliphatic heterocycles. The molecule has 0 amide bonds. The fraction of sp³-hybridized carbons (Fsp3) is 0.316. The topological polar surface area (TPSA) is 62.5 Å². The molecule has 1 aliphatic rings. The van der Waals surface area contributed by atoms with Gasteiger partial charge < -0.3 is 4.90 Å². The lowest BCUT2D eigenvalue weighted by atomic mass is 10.2. The van der Waals surface area contributed by atoms with Crippen molar-refractivity contribution in [1.82, 2.24) is 9.55 Å². The average Bonchev–Trinajstić information content (AvgIpc) is 3.20. The van der Waals surface area contributed by atoms with Crippen molar-refractivity contribution in [3.63, 3.8) is 0 Å². The number of nitrogens with one attached hydrogen (secondary N) is 1. The zero-order chi connectivity index (χ0) is 18.3. The van der Waals surface area contributed by atoms with Gasteiger partial charge >= 0.3 is 0 Å². The molecule has 1 aromatic carbocycles. The predicted molar refractivity (Wildman–Crippen MR) is 109 cm³/mol. The highest BCUT2D eigenvalue weighted by Crippen LogP contribution is 2.35. The summed E-state index contributed by atoms with van der Waals surface area (Å²) in [6, 6.07) is 8.07. The van der Waals surface area contributed by atoms with Crippen LogP contribution in [0, 0.1) is 0 Å². The number of anilines is 2. The summed E-state index contributed by atoms with van der Waals surface area (Å²) in [6.07, 6.45) is 4.91. The molecular weight excluding hydrogens is 346 g/mol. The third-order valence-electron chi connectivity index (χ3n) is 4.73. The van der Waals surface area contributed by atoms with Crippen molar-refractivity contribution >= 4 is 39.4 Å². The Morgan fingerprint density at radius 2 is 2.04 bits per heavy atom. The Balaban J connectivity index is 1.59. The van der Waals surface area contributed by atoms with Crippen LogP contribution in [-0.4, -0.2) is 29.9 Å². The largest absolute Gasteiger partial charge is 0.378 e. The second-order valence-corrected chi connectivity index (χ2v) is 7.78. The maximum absolute atomic E-state index is 12.7. The van der Waals surface area contributed by atoms with Crippen LogP contribution in [0.5, 0.6) is 0 Å². The fourth-order valence-corrected chi connectivity index (χ4v) is 4.50. The van der Waals surface area contributed by atoms with Crippen LogP contribution < -0.4 is 15.9 Å². The van der Waals surface area contributed by atoms with Gasteiger partial charge in [0.2, 0.25) is 5.95 Å². The van der Waals surface area contributed by atoms with Gasteiger partial charge in [-0.05, 0) is 42.5 Å². The highest BCUT2D eigenvalue weighted by molar-refractivity contribution is 7.18. The second-order valence-electron chi connectivity index (χ2n) is 6.69. The number of thiophene rings is 1. The minimum absolute atomic E-state index is 0.00226. The molecule has 134 valence electrons. The summed E-state index contributed by atoms with van der Waals surface area (Å²) in [4.78, 5) is 21.5. The van der Waals surface area contributed by atoms with Crippen LogP contribution in [0.1, 0.15) is 22.4 Å². The van der Waals surface area contributed by atoms with Crippen molar-refractivity contribution < 1.29 is 0 Å². The van der Waals surface area contributed by atoms with Gasteiger partial charge in [-0.25, -0.2) is 10.4 Å². The van der Waals surface area contributed by atoms with Gasteiger partial charge in [0.1, 0.15) is 4.83 Å². The lowest BCUT2D eigenvalue weighted by Gasteiger charge is -2.11. The summed E-state index contributed by atoms with van der Waals surface area (Å²) in [5.41, 5.74) is 6.23. The highest BCUT2D eigenvalue weighted by atomic mass is 32.1. The van der Waals surface area contributed by atoms with Crippen LogP contribution in [0.4, 0.5) is 11.6 Å². The molecule has 2 aromatic heterocycles. The number of aromatic nitrogens is 2. The zero-order valence-corrected chi connectivity index (χ0v) is 15.9. The van der Waals surface area contributed by atoms with Crippen molar-refractivity contribution in [2.75, 3.05) is 24.4 Å². The van der Waals surface area contributed by atoms with E-state index in [1.54, 1.807) is 29.2 Å². The Hall–Kier alpha value is -2.67. The number of rotatable bonds is 4. The first kappa shape index (κ1) is 16.8. The highest BCUT2D eigenvalue weighted by Gasteiger charge is 2.22. The maximum Gasteiger partial charge on any atom is 0.263 e. The second kappa shape index (κ2) is 6.57. The summed E-state index contributed by atoms with van der Waals surface area (Å²) >= 11 is 1.64. The van der Waals surface area contributed by atoms with Crippen LogP contribution in [0.3, 0.4) is 0 Å². The normalized spacial score (nSPS) is 13.5. The molecular formula is C19H21N5OS. The van der Waals surface area contributed by atoms with E-state index in [1.165, 1.54) is 10.4 Å². The number of fused-ring (bicyclic) bond motifs is 3. The summed E-state index contributed by atoms with van der Waals surface area (Å²) in [7, 11) is 5.75. The molecule has 0 atom stereocenters. The van der Waals surface area contributed by atoms with Gasteiger partial charge in [0.15, 0.2) is 0 Å². The van der Waals surface area contributed by atoms with Crippen LogP contribution >= 0.6 is 11.3 Å². The monoisotopic (exact) mass is 367 g/mol. The average molecular weight is 367 g/mol. The van der Waals surface area contributed by atoms with Crippen molar-refractivity contribution in [3.8, 4) is 0 Å². The molecule has 6 nitrogen and oxygen atoms in total. The van der Waals surface area contributed by atoms with Gasteiger partial charge in [0.25, 0.3) is 5.56 Å². The lowest BCUT2D eigenvalue weighted by Crippen LogP contribution is -2.21. The van der Waals surface area contributed by atoms with Crippen molar-refractivity contribution in [2.45, 2.75) is 19.3 Å². The summed E-state index contributed by atoms with van der Waals surface area (Å²) in [6.45, 7) is 0. The van der Waals surface area contributed by atoms with E-state index in [2.05, 4.69) is 15.5 Å². The number of benzene rings is 1. The Morgan fingerprint density at radius 3 is 2.77 bits per heavy atom. The minimum Gasteiger partial charge on any atom is -0.378 e. The summed E-state index contributed by atoms with van der Waals surface area (Å²) in [5, 5.41) is 5.04. The molecule has 0 radical (unpaired) electrons. The van der Waals surface area contributed by atoms with E-state index in [0.717, 1.165) is 40.7 Å². The first-order valence-electron chi connectivity index (χ1n) is 8.62. The van der Waals surface area contributed by atoms with E-state index in [4.69, 9.17) is 0 Å². The molecule has 26 heavy (non-hydrogen) atoms. The Morgan fingerprint density at radius 1 is 1.27 bits per heavy atom. The van der Waals surface area contributed by atoms with Gasteiger partial charge in [0.05, 0.1) is 11.6 Å². The van der Waals surface area contributed by atoms with Gasteiger partial charge in [-0.15, -0.1) is 11.3 Å². The standard InChI is InChI=1S/C19H21N5OS/c1-23(2)13-9-7-12(8-10-13)11-20-22-19-21-17-16(18(25)24(19)3)14-5-4-6-15(14)26-17/h7-11H,4-6H2,1-3H3,(H,21,22)/b20-11+. The third-order valence-corrected chi connectivity index (χ3v) is 5.92. The van der Waals surface area contributed by atoms with E-state index < -0.39 is 0 Å². The quantitative estimate of drug-likeness (QED) is 0.569. The molecule has 0 saturated heterocycles. The first-order valence-corrected chi connectivity index (χ1v) is 9.44. The van der Waals surface area contributed by atoms with Crippen LogP contribution in [0.2, 0.25) is 0 Å². The Kier molecular flexibility index (Phi) is 4.24. The number of hydrogen-bond acceptors (Lipinski definition) is 6. The van der Waals surface area contributed by atoms with Crippen LogP contribution in [0.25, 0.3) is 10.2 Å². The van der Waals surface area contributed by atoms with Crippen molar-refractivity contribution in [3.05, 3.63) is 50.6 Å². The Bertz CT molecular complexity index is 1050. The van der Waals surface area contributed by atoms with Gasteiger partial charge in [0, 0.05) is 31.7 Å². The molecule has 0 unspecified atom stereocenters. The number of hydrogen-bond donors (Lipinski definition) is 1. The van der Waals surface area contributed by atoms with E-state index in [1.807, 2.05) is 43.3 Å². The molecule has 0 bridgehead atoms. The number of aryl methyl sites for hydroxylation is 2. The first-order chi connectivity index (χ1) is 12.5. The number of nitrogens with zero attached hydrogens (tertiary/aromatic N) is 4. The predicted octanol–water partition coefficient (Wildman–Crippen LogP) is 3.00. The molecule has 3 aromatic rings. The van der Waals surface area contributed by atoms with Crippen molar-refractivity contribution in [2.24, 2.45) is 12.1 Å². The third kappa shape index (κ3) is 2.88. The van der Waals surface area contributed by atoms with E-state index in [9.17, 15) is 4.79 Å². The molecule has 4 rings (SSSR count). The van der Waals surface area contributed by atoms with Crippen LogP contribution in [0.15, 0.2) is 34.2 Å². The minimum atomic E-state index is 0.00226.